The highest BCUT2D eigenvalue weighted by molar-refractivity contribution is 8.12. The minimum absolute atomic E-state index is 0.457. The maximum atomic E-state index is 11.5. The summed E-state index contributed by atoms with van der Waals surface area (Å²) in [4.78, 5) is 22.3. The molecule has 0 aliphatic rings. The monoisotopic (exact) mass is 269 g/mol. The van der Waals surface area contributed by atoms with Gasteiger partial charge in [0, 0.05) is 5.75 Å². The van der Waals surface area contributed by atoms with E-state index in [-0.39, 0.29) is 0 Å². The molecule has 5 nitrogen and oxygen atoms in total. The van der Waals surface area contributed by atoms with Crippen molar-refractivity contribution in [2.24, 2.45) is 0 Å². The second-order valence-corrected chi connectivity index (χ2v) is 4.71. The van der Waals surface area contributed by atoms with Gasteiger partial charge in [0.05, 0.1) is 6.10 Å². The van der Waals surface area contributed by atoms with E-state index in [4.69, 9.17) is 5.11 Å². The summed E-state index contributed by atoms with van der Waals surface area (Å²) in [6.07, 6.45) is -1.14. The summed E-state index contributed by atoms with van der Waals surface area (Å²) in [5, 5.41) is 19.8. The molecule has 1 aromatic carbocycles. The fraction of sp³-hybridized carbons (Fsp3) is 0.333. The van der Waals surface area contributed by atoms with Crippen molar-refractivity contribution in [3.8, 4) is 0 Å². The van der Waals surface area contributed by atoms with E-state index >= 15 is 0 Å². The molecule has 0 heterocycles. The Morgan fingerprint density at radius 2 is 1.94 bits per heavy atom. The summed E-state index contributed by atoms with van der Waals surface area (Å²) >= 11 is 0.968. The van der Waals surface area contributed by atoms with Crippen LogP contribution in [-0.4, -0.2) is 33.6 Å². The van der Waals surface area contributed by atoms with E-state index in [0.717, 1.165) is 17.3 Å². The van der Waals surface area contributed by atoms with E-state index in [2.05, 4.69) is 5.32 Å². The molecule has 0 saturated heterocycles. The van der Waals surface area contributed by atoms with Crippen LogP contribution in [0.5, 0.6) is 0 Å². The van der Waals surface area contributed by atoms with Gasteiger partial charge in [0.1, 0.15) is 0 Å². The minimum Gasteiger partial charge on any atom is -0.480 e. The van der Waals surface area contributed by atoms with Crippen molar-refractivity contribution in [1.82, 2.24) is 5.32 Å². The third kappa shape index (κ3) is 4.77. The number of carbonyl (C=O) groups excluding carboxylic acids is 1. The first kappa shape index (κ1) is 14.5. The Morgan fingerprint density at radius 1 is 1.33 bits per heavy atom. The summed E-state index contributed by atoms with van der Waals surface area (Å²) in [5.41, 5.74) is 0.974. The number of rotatable bonds is 5. The molecule has 0 aromatic heterocycles. The van der Waals surface area contributed by atoms with Crippen molar-refractivity contribution < 1.29 is 19.8 Å². The third-order valence-corrected chi connectivity index (χ3v) is 3.09. The molecule has 0 bridgehead atoms. The van der Waals surface area contributed by atoms with Crippen LogP contribution < -0.4 is 5.32 Å². The standard InChI is InChI=1S/C12H15NO4S/c1-8(14)10(11(15)16)13-12(17)18-7-9-5-3-2-4-6-9/h2-6,8,10,14H,7H2,1H3,(H,13,17)(H,15,16)/t8-,10-/m1/s1. The molecule has 0 radical (unpaired) electrons. The van der Waals surface area contributed by atoms with Gasteiger partial charge >= 0.3 is 5.97 Å². The average molecular weight is 269 g/mol. The number of carboxylic acids is 1. The number of aliphatic hydroxyl groups excluding tert-OH is 1. The Hall–Kier alpha value is -1.53. The summed E-state index contributed by atoms with van der Waals surface area (Å²) in [6, 6.07) is 8.09. The Labute approximate surface area is 109 Å². The molecule has 1 rings (SSSR count). The number of aliphatic carboxylic acids is 1. The van der Waals surface area contributed by atoms with Crippen molar-refractivity contribution in [3.63, 3.8) is 0 Å². The molecule has 3 N–H and O–H groups in total. The van der Waals surface area contributed by atoms with Gasteiger partial charge in [0.25, 0.3) is 5.24 Å². The fourth-order valence-corrected chi connectivity index (χ4v) is 1.98. The molecule has 1 aromatic rings. The Kier molecular flexibility index (Phi) is 5.67. The molecular weight excluding hydrogens is 254 g/mol. The van der Waals surface area contributed by atoms with E-state index in [1.54, 1.807) is 0 Å². The lowest BCUT2D eigenvalue weighted by Crippen LogP contribution is -2.46. The van der Waals surface area contributed by atoms with Gasteiger partial charge in [0.2, 0.25) is 0 Å². The predicted octanol–water partition coefficient (Wildman–Crippen LogP) is 1.46. The van der Waals surface area contributed by atoms with Gasteiger partial charge in [-0.25, -0.2) is 4.79 Å². The highest BCUT2D eigenvalue weighted by Gasteiger charge is 2.24. The molecule has 0 aliphatic heterocycles. The Bertz CT molecular complexity index is 408. The highest BCUT2D eigenvalue weighted by atomic mass is 32.2. The zero-order valence-electron chi connectivity index (χ0n) is 9.87. The van der Waals surface area contributed by atoms with E-state index in [1.165, 1.54) is 6.92 Å². The number of thioether (sulfide) groups is 1. The molecular formula is C12H15NO4S. The predicted molar refractivity (Wildman–Crippen MR) is 69.4 cm³/mol. The maximum Gasteiger partial charge on any atom is 0.328 e. The normalized spacial score (nSPS) is 13.7. The summed E-state index contributed by atoms with van der Waals surface area (Å²) in [6.45, 7) is 1.32. The average Bonchev–Trinajstić information content (AvgIpc) is 2.34. The molecule has 2 atom stereocenters. The number of nitrogens with one attached hydrogen (secondary N) is 1. The van der Waals surface area contributed by atoms with E-state index in [0.29, 0.717) is 5.75 Å². The van der Waals surface area contributed by atoms with E-state index in [1.807, 2.05) is 30.3 Å². The number of amides is 1. The largest absolute Gasteiger partial charge is 0.480 e. The number of benzene rings is 1. The van der Waals surface area contributed by atoms with Crippen molar-refractivity contribution >= 4 is 23.0 Å². The molecule has 1 amide bonds. The summed E-state index contributed by atoms with van der Waals surface area (Å²) < 4.78 is 0. The van der Waals surface area contributed by atoms with Gasteiger partial charge < -0.3 is 15.5 Å². The molecule has 18 heavy (non-hydrogen) atoms. The van der Waals surface area contributed by atoms with Crippen LogP contribution in [0.2, 0.25) is 0 Å². The van der Waals surface area contributed by atoms with Gasteiger partial charge in [-0.1, -0.05) is 42.1 Å². The lowest BCUT2D eigenvalue weighted by atomic mass is 10.2. The summed E-state index contributed by atoms with van der Waals surface area (Å²) in [5.74, 6) is -0.794. The van der Waals surface area contributed by atoms with Crippen LogP contribution >= 0.6 is 11.8 Å². The van der Waals surface area contributed by atoms with Crippen LogP contribution in [-0.2, 0) is 10.5 Å². The molecule has 0 unspecified atom stereocenters. The third-order valence-electron chi connectivity index (χ3n) is 2.23. The van der Waals surface area contributed by atoms with Crippen LogP contribution in [0.1, 0.15) is 12.5 Å². The van der Waals surface area contributed by atoms with Crippen molar-refractivity contribution in [3.05, 3.63) is 35.9 Å². The van der Waals surface area contributed by atoms with Gasteiger partial charge in [-0.2, -0.15) is 0 Å². The van der Waals surface area contributed by atoms with Crippen LogP contribution in [0.3, 0.4) is 0 Å². The molecule has 0 fully saturated rings. The smallest absolute Gasteiger partial charge is 0.328 e. The first-order valence-corrected chi connectivity index (χ1v) is 6.37. The molecule has 0 saturated carbocycles. The lowest BCUT2D eigenvalue weighted by Gasteiger charge is -2.16. The number of hydrogen-bond donors (Lipinski definition) is 3. The first-order valence-electron chi connectivity index (χ1n) is 5.39. The zero-order valence-corrected chi connectivity index (χ0v) is 10.7. The maximum absolute atomic E-state index is 11.5. The number of aliphatic hydroxyl groups is 1. The van der Waals surface area contributed by atoms with Gasteiger partial charge in [-0.15, -0.1) is 0 Å². The topological polar surface area (TPSA) is 86.6 Å². The Balaban J connectivity index is 2.44. The van der Waals surface area contributed by atoms with Crippen LogP contribution in [0.25, 0.3) is 0 Å². The van der Waals surface area contributed by atoms with Crippen LogP contribution in [0, 0.1) is 0 Å². The van der Waals surface area contributed by atoms with Gasteiger partial charge in [0.15, 0.2) is 6.04 Å². The molecule has 0 aliphatic carbocycles. The molecule has 98 valence electrons. The zero-order chi connectivity index (χ0) is 13.5. The lowest BCUT2D eigenvalue weighted by molar-refractivity contribution is -0.141. The van der Waals surface area contributed by atoms with Crippen LogP contribution in [0.4, 0.5) is 4.79 Å². The number of carbonyl (C=O) groups is 2. The molecule has 0 spiro atoms. The second-order valence-electron chi connectivity index (χ2n) is 3.76. The fourth-order valence-electron chi connectivity index (χ4n) is 1.28. The quantitative estimate of drug-likeness (QED) is 0.753. The van der Waals surface area contributed by atoms with Crippen LogP contribution in [0.15, 0.2) is 30.3 Å². The van der Waals surface area contributed by atoms with E-state index < -0.39 is 23.4 Å². The number of carboxylic acid groups (broad SMARTS) is 1. The van der Waals surface area contributed by atoms with Crippen molar-refractivity contribution in [1.29, 1.82) is 0 Å². The van der Waals surface area contributed by atoms with Gasteiger partial charge in [-0.3, -0.25) is 4.79 Å². The SMILES string of the molecule is C[C@@H](O)[C@@H](NC(=O)SCc1ccccc1)C(=O)O. The van der Waals surface area contributed by atoms with Gasteiger partial charge in [-0.05, 0) is 12.5 Å². The van der Waals surface area contributed by atoms with Crippen molar-refractivity contribution in [2.75, 3.05) is 0 Å². The highest BCUT2D eigenvalue weighted by Crippen LogP contribution is 2.12. The Morgan fingerprint density at radius 3 is 2.44 bits per heavy atom. The minimum atomic E-state index is -1.28. The molecule has 6 heteroatoms. The summed E-state index contributed by atoms with van der Waals surface area (Å²) in [7, 11) is 0. The first-order chi connectivity index (χ1) is 8.50. The van der Waals surface area contributed by atoms with Crippen molar-refractivity contribution in [2.45, 2.75) is 24.8 Å². The van der Waals surface area contributed by atoms with E-state index in [9.17, 15) is 14.7 Å². The second kappa shape index (κ2) is 7.03. The number of hydrogen-bond acceptors (Lipinski definition) is 4.